The van der Waals surface area contributed by atoms with Gasteiger partial charge in [0.1, 0.15) is 5.82 Å². The van der Waals surface area contributed by atoms with Crippen molar-refractivity contribution in [3.8, 4) is 11.4 Å². The van der Waals surface area contributed by atoms with E-state index in [0.29, 0.717) is 50.8 Å². The second-order valence-electron chi connectivity index (χ2n) is 8.35. The smallest absolute Gasteiger partial charge is 0.319 e. The quantitative estimate of drug-likeness (QED) is 0.689. The van der Waals surface area contributed by atoms with Gasteiger partial charge < -0.3 is 20.3 Å². The van der Waals surface area contributed by atoms with Crippen molar-refractivity contribution in [1.82, 2.24) is 20.2 Å². The molecule has 1 fully saturated rings. The van der Waals surface area contributed by atoms with Gasteiger partial charge in [-0.25, -0.2) is 23.5 Å². The number of benzene rings is 1. The zero-order chi connectivity index (χ0) is 23.4. The van der Waals surface area contributed by atoms with E-state index in [-0.39, 0.29) is 18.6 Å². The van der Waals surface area contributed by atoms with Crippen LogP contribution in [0, 0.1) is 0 Å². The molecule has 33 heavy (non-hydrogen) atoms. The summed E-state index contributed by atoms with van der Waals surface area (Å²) in [6.45, 7) is 7.12. The van der Waals surface area contributed by atoms with Crippen LogP contribution in [0.1, 0.15) is 25.1 Å². The zero-order valence-corrected chi connectivity index (χ0v) is 19.0. The topological polar surface area (TPSA) is 82.6 Å². The van der Waals surface area contributed by atoms with Crippen molar-refractivity contribution in [2.24, 2.45) is 0 Å². The number of hydrogen-bond donors (Lipinski definition) is 2. The molecular weight excluding hydrogens is 430 g/mol. The molecule has 3 heterocycles. The number of carbonyl (C=O) groups is 1. The number of alkyl halides is 2. The highest BCUT2D eigenvalue weighted by molar-refractivity contribution is 5.89. The number of anilines is 2. The van der Waals surface area contributed by atoms with Gasteiger partial charge in [0.25, 0.3) is 6.43 Å². The van der Waals surface area contributed by atoms with Crippen LogP contribution >= 0.6 is 0 Å². The minimum Gasteiger partial charge on any atom is -0.377 e. The fourth-order valence-corrected chi connectivity index (χ4v) is 4.26. The van der Waals surface area contributed by atoms with Gasteiger partial charge in [-0.1, -0.05) is 0 Å². The van der Waals surface area contributed by atoms with Crippen molar-refractivity contribution in [3.05, 3.63) is 35.5 Å². The lowest BCUT2D eigenvalue weighted by Crippen LogP contribution is -2.45. The van der Waals surface area contributed by atoms with E-state index in [9.17, 15) is 13.6 Å². The average molecular weight is 461 g/mol. The first-order valence-corrected chi connectivity index (χ1v) is 11.3. The molecule has 1 aromatic heterocycles. The second-order valence-corrected chi connectivity index (χ2v) is 8.35. The molecule has 0 saturated carbocycles. The van der Waals surface area contributed by atoms with Crippen molar-refractivity contribution in [3.63, 3.8) is 0 Å². The number of urea groups is 1. The third kappa shape index (κ3) is 5.56. The normalized spacial score (nSPS) is 18.8. The fraction of sp³-hybridized carbons (Fsp3) is 0.522. The molecule has 2 aliphatic heterocycles. The van der Waals surface area contributed by atoms with Crippen LogP contribution in [0.2, 0.25) is 0 Å². The van der Waals surface area contributed by atoms with Gasteiger partial charge in [-0.15, -0.1) is 0 Å². The summed E-state index contributed by atoms with van der Waals surface area (Å²) < 4.78 is 31.6. The Labute approximate surface area is 192 Å². The van der Waals surface area contributed by atoms with Crippen LogP contribution in [0.3, 0.4) is 0 Å². The van der Waals surface area contributed by atoms with E-state index in [0.717, 1.165) is 29.2 Å². The van der Waals surface area contributed by atoms with E-state index < -0.39 is 6.43 Å². The van der Waals surface area contributed by atoms with Gasteiger partial charge in [0.05, 0.1) is 31.5 Å². The molecule has 0 radical (unpaired) electrons. The summed E-state index contributed by atoms with van der Waals surface area (Å²) in [5, 5.41) is 5.47. The highest BCUT2D eigenvalue weighted by atomic mass is 19.3. The zero-order valence-electron chi connectivity index (χ0n) is 19.0. The van der Waals surface area contributed by atoms with E-state index in [2.05, 4.69) is 22.5 Å². The lowest BCUT2D eigenvalue weighted by molar-refractivity contribution is 0.0809. The van der Waals surface area contributed by atoms with Crippen LogP contribution in [-0.4, -0.2) is 72.8 Å². The average Bonchev–Trinajstić information content (AvgIpc) is 2.79. The molecule has 2 amide bonds. The van der Waals surface area contributed by atoms with Crippen LogP contribution < -0.4 is 15.5 Å². The van der Waals surface area contributed by atoms with E-state index in [1.165, 1.54) is 0 Å². The standard InChI is InChI=1S/C23H30F2N6O2/c1-3-26-23(32)27-17-6-4-16(5-7-17)21-28-19-12-30(13-20(24)25)9-8-18(19)22(29-21)31-10-11-33-14-15(31)2/h4-7,15,20H,3,8-14H2,1-2H3,(H2,26,27,32). The Hall–Kier alpha value is -2.85. The molecule has 4 rings (SSSR count). The third-order valence-corrected chi connectivity index (χ3v) is 5.90. The van der Waals surface area contributed by atoms with Crippen molar-refractivity contribution in [2.45, 2.75) is 39.3 Å². The van der Waals surface area contributed by atoms with Crippen molar-refractivity contribution < 1.29 is 18.3 Å². The molecule has 2 N–H and O–H groups in total. The number of ether oxygens (including phenoxy) is 1. The minimum absolute atomic E-state index is 0.161. The lowest BCUT2D eigenvalue weighted by atomic mass is 10.0. The fourth-order valence-electron chi connectivity index (χ4n) is 4.26. The highest BCUT2D eigenvalue weighted by Gasteiger charge is 2.29. The molecule has 0 aliphatic carbocycles. The summed E-state index contributed by atoms with van der Waals surface area (Å²) in [5.41, 5.74) is 3.29. The van der Waals surface area contributed by atoms with Crippen molar-refractivity contribution in [1.29, 1.82) is 0 Å². The van der Waals surface area contributed by atoms with Gasteiger partial charge in [0.15, 0.2) is 5.82 Å². The number of nitrogens with one attached hydrogen (secondary N) is 2. The Morgan fingerprint density at radius 1 is 1.24 bits per heavy atom. The van der Waals surface area contributed by atoms with Gasteiger partial charge in [-0.3, -0.25) is 4.90 Å². The number of carbonyl (C=O) groups excluding carboxylic acids is 1. The predicted octanol–water partition coefficient (Wildman–Crippen LogP) is 3.13. The molecule has 1 aromatic carbocycles. The van der Waals surface area contributed by atoms with Gasteiger partial charge in [0, 0.05) is 43.0 Å². The number of nitrogens with zero attached hydrogens (tertiary/aromatic N) is 4. The molecule has 1 atom stereocenters. The Kier molecular flexibility index (Phi) is 7.34. The summed E-state index contributed by atoms with van der Waals surface area (Å²) in [6.07, 6.45) is -1.74. The molecule has 1 unspecified atom stereocenters. The lowest BCUT2D eigenvalue weighted by Gasteiger charge is -2.37. The third-order valence-electron chi connectivity index (χ3n) is 5.90. The molecular formula is C23H30F2N6O2. The van der Waals surface area contributed by atoms with Crippen LogP contribution in [0.15, 0.2) is 24.3 Å². The molecule has 0 spiro atoms. The van der Waals surface area contributed by atoms with Crippen molar-refractivity contribution in [2.75, 3.05) is 49.6 Å². The van der Waals surface area contributed by atoms with Crippen LogP contribution in [-0.2, 0) is 17.7 Å². The van der Waals surface area contributed by atoms with Crippen LogP contribution in [0.5, 0.6) is 0 Å². The highest BCUT2D eigenvalue weighted by Crippen LogP contribution is 2.31. The van der Waals surface area contributed by atoms with Crippen LogP contribution in [0.4, 0.5) is 25.1 Å². The Bertz CT molecular complexity index is 972. The number of fused-ring (bicyclic) bond motifs is 1. The minimum atomic E-state index is -2.38. The Balaban J connectivity index is 1.66. The SMILES string of the molecule is CCNC(=O)Nc1ccc(-c2nc3c(c(N4CCOCC4C)n2)CCN(CC(F)F)C3)cc1. The molecule has 178 valence electrons. The van der Waals surface area contributed by atoms with Crippen LogP contribution in [0.25, 0.3) is 11.4 Å². The van der Waals surface area contributed by atoms with E-state index in [4.69, 9.17) is 14.7 Å². The van der Waals surface area contributed by atoms with E-state index >= 15 is 0 Å². The van der Waals surface area contributed by atoms with E-state index in [1.54, 1.807) is 17.0 Å². The predicted molar refractivity (Wildman–Crippen MR) is 123 cm³/mol. The molecule has 1 saturated heterocycles. The Morgan fingerprint density at radius 2 is 2.03 bits per heavy atom. The first kappa shape index (κ1) is 23.3. The second kappa shape index (κ2) is 10.4. The maximum absolute atomic E-state index is 13.0. The van der Waals surface area contributed by atoms with Gasteiger partial charge in [-0.2, -0.15) is 0 Å². The first-order chi connectivity index (χ1) is 15.9. The molecule has 2 aromatic rings. The maximum Gasteiger partial charge on any atom is 0.319 e. The largest absolute Gasteiger partial charge is 0.377 e. The maximum atomic E-state index is 13.0. The Morgan fingerprint density at radius 3 is 2.73 bits per heavy atom. The summed E-state index contributed by atoms with van der Waals surface area (Å²) in [6, 6.07) is 7.21. The van der Waals surface area contributed by atoms with Gasteiger partial charge in [0.2, 0.25) is 0 Å². The molecule has 2 aliphatic rings. The summed E-state index contributed by atoms with van der Waals surface area (Å²) in [7, 11) is 0. The van der Waals surface area contributed by atoms with Gasteiger partial charge in [-0.05, 0) is 44.5 Å². The van der Waals surface area contributed by atoms with E-state index in [1.807, 2.05) is 19.1 Å². The first-order valence-electron chi connectivity index (χ1n) is 11.3. The number of hydrogen-bond acceptors (Lipinski definition) is 6. The summed E-state index contributed by atoms with van der Waals surface area (Å²) in [5.74, 6) is 1.41. The number of rotatable bonds is 6. The number of amides is 2. The van der Waals surface area contributed by atoms with Gasteiger partial charge >= 0.3 is 6.03 Å². The molecule has 10 heteroatoms. The van der Waals surface area contributed by atoms with Crippen molar-refractivity contribution >= 4 is 17.5 Å². The summed E-state index contributed by atoms with van der Waals surface area (Å²) >= 11 is 0. The molecule has 0 bridgehead atoms. The molecule has 8 nitrogen and oxygen atoms in total. The number of halogens is 2. The summed E-state index contributed by atoms with van der Waals surface area (Å²) in [4.78, 5) is 25.5. The monoisotopic (exact) mass is 460 g/mol. The number of morpholine rings is 1. The number of aromatic nitrogens is 2.